The number of unbranched alkanes of at least 4 members (excludes halogenated alkanes) is 28. The van der Waals surface area contributed by atoms with Gasteiger partial charge in [-0.25, -0.2) is 0 Å². The van der Waals surface area contributed by atoms with Gasteiger partial charge in [-0.05, 0) is 109 Å². The van der Waals surface area contributed by atoms with Gasteiger partial charge < -0.3 is 15.5 Å². The number of aliphatic hydroxyl groups is 2. The van der Waals surface area contributed by atoms with Crippen molar-refractivity contribution in [2.45, 2.75) is 302 Å². The maximum absolute atomic E-state index is 12.5. The molecule has 4 nitrogen and oxygen atoms in total. The minimum atomic E-state index is -0.871. The zero-order valence-corrected chi connectivity index (χ0v) is 51.6. The highest BCUT2D eigenvalue weighted by Gasteiger charge is 2.18. The van der Waals surface area contributed by atoms with Crippen molar-refractivity contribution in [1.82, 2.24) is 5.32 Å². The number of carbonyl (C=O) groups is 1. The summed E-state index contributed by atoms with van der Waals surface area (Å²) in [6.45, 7) is 4.19. The normalized spacial score (nSPS) is 13.8. The first-order valence-corrected chi connectivity index (χ1v) is 33.2. The Balaban J connectivity index is 3.67. The van der Waals surface area contributed by atoms with E-state index in [2.05, 4.69) is 165 Å². The number of allylic oxidation sites excluding steroid dienone is 25. The van der Waals surface area contributed by atoms with Crippen LogP contribution in [0.5, 0.6) is 0 Å². The van der Waals surface area contributed by atoms with E-state index in [9.17, 15) is 15.0 Å². The topological polar surface area (TPSA) is 69.6 Å². The van der Waals surface area contributed by atoms with Crippen molar-refractivity contribution in [3.05, 3.63) is 158 Å². The second-order valence-corrected chi connectivity index (χ2v) is 21.8. The van der Waals surface area contributed by atoms with Gasteiger partial charge in [-0.2, -0.15) is 0 Å². The van der Waals surface area contributed by atoms with Crippen LogP contribution in [0.15, 0.2) is 158 Å². The number of rotatable bonds is 59. The van der Waals surface area contributed by atoms with Gasteiger partial charge in [0.1, 0.15) is 0 Å². The van der Waals surface area contributed by atoms with Gasteiger partial charge >= 0.3 is 0 Å². The third-order valence-corrected chi connectivity index (χ3v) is 14.3. The Bertz CT molecular complexity index is 1660. The molecule has 79 heavy (non-hydrogen) atoms. The minimum absolute atomic E-state index is 0.110. The Hall–Kier alpha value is -3.99. The monoisotopic (exact) mass is 1090 g/mol. The lowest BCUT2D eigenvalue weighted by Gasteiger charge is -2.19. The summed E-state index contributed by atoms with van der Waals surface area (Å²) in [5.74, 6) is -0.110. The van der Waals surface area contributed by atoms with Crippen molar-refractivity contribution in [1.29, 1.82) is 0 Å². The van der Waals surface area contributed by atoms with Crippen LogP contribution in [0.1, 0.15) is 290 Å². The molecular formula is C75H125NO3. The Morgan fingerprint density at radius 1 is 0.316 bits per heavy atom. The molecule has 0 spiro atoms. The molecule has 0 radical (unpaired) electrons. The number of carbonyl (C=O) groups excluding carboxylic acids is 1. The van der Waals surface area contributed by atoms with E-state index in [4.69, 9.17) is 0 Å². The van der Waals surface area contributed by atoms with Crippen LogP contribution in [0.3, 0.4) is 0 Å². The van der Waals surface area contributed by atoms with Gasteiger partial charge in [-0.15, -0.1) is 0 Å². The molecule has 0 rings (SSSR count). The molecule has 0 bridgehead atoms. The van der Waals surface area contributed by atoms with E-state index in [0.29, 0.717) is 6.42 Å². The second kappa shape index (κ2) is 68.3. The third-order valence-electron chi connectivity index (χ3n) is 14.3. The average molecular weight is 1090 g/mol. The molecule has 0 saturated carbocycles. The molecule has 0 aromatic heterocycles. The summed E-state index contributed by atoms with van der Waals surface area (Å²) in [5.41, 5.74) is 0. The Kier molecular flexibility index (Phi) is 64.8. The van der Waals surface area contributed by atoms with Gasteiger partial charge in [0.05, 0.1) is 18.8 Å². The van der Waals surface area contributed by atoms with Crippen LogP contribution in [0.25, 0.3) is 0 Å². The van der Waals surface area contributed by atoms with Crippen molar-refractivity contribution in [3.63, 3.8) is 0 Å². The molecule has 0 aromatic carbocycles. The Morgan fingerprint density at radius 2 is 0.557 bits per heavy atom. The van der Waals surface area contributed by atoms with Gasteiger partial charge in [-0.1, -0.05) is 332 Å². The smallest absolute Gasteiger partial charge is 0.220 e. The molecule has 2 atom stereocenters. The summed E-state index contributed by atoms with van der Waals surface area (Å²) in [5, 5.41) is 23.2. The second-order valence-electron chi connectivity index (χ2n) is 21.8. The summed E-state index contributed by atoms with van der Waals surface area (Å²) >= 11 is 0. The summed E-state index contributed by atoms with van der Waals surface area (Å²) in [6, 6.07) is -0.659. The third kappa shape index (κ3) is 64.7. The maximum atomic E-state index is 12.5. The molecule has 1 amide bonds. The van der Waals surface area contributed by atoms with E-state index in [1.165, 1.54) is 161 Å². The fourth-order valence-electron chi connectivity index (χ4n) is 9.28. The van der Waals surface area contributed by atoms with Crippen LogP contribution < -0.4 is 5.32 Å². The molecule has 0 fully saturated rings. The van der Waals surface area contributed by atoms with E-state index >= 15 is 0 Å². The number of aliphatic hydroxyl groups excluding tert-OH is 2. The van der Waals surface area contributed by atoms with E-state index in [-0.39, 0.29) is 12.5 Å². The van der Waals surface area contributed by atoms with E-state index in [1.54, 1.807) is 6.08 Å². The maximum Gasteiger partial charge on any atom is 0.220 e. The molecule has 0 heterocycles. The number of nitrogens with one attached hydrogen (secondary N) is 1. The number of amides is 1. The van der Waals surface area contributed by atoms with Crippen LogP contribution in [0.2, 0.25) is 0 Å². The van der Waals surface area contributed by atoms with Crippen molar-refractivity contribution in [2.24, 2.45) is 0 Å². The predicted molar refractivity (Wildman–Crippen MR) is 354 cm³/mol. The first-order valence-electron chi connectivity index (χ1n) is 33.2. The van der Waals surface area contributed by atoms with E-state index in [0.717, 1.165) is 109 Å². The molecule has 3 N–H and O–H groups in total. The fraction of sp³-hybridized carbons (Fsp3) is 0.640. The molecular weight excluding hydrogens is 963 g/mol. The quantitative estimate of drug-likeness (QED) is 0.0420. The van der Waals surface area contributed by atoms with Crippen molar-refractivity contribution >= 4 is 5.91 Å². The highest BCUT2D eigenvalue weighted by atomic mass is 16.3. The molecule has 0 aliphatic rings. The summed E-state index contributed by atoms with van der Waals surface area (Å²) in [7, 11) is 0. The van der Waals surface area contributed by atoms with Crippen LogP contribution in [0.4, 0.5) is 0 Å². The standard InChI is InChI=1S/C75H125NO3/c1-3-5-7-9-11-13-15-17-19-21-23-25-27-29-31-33-34-35-36-37-38-39-40-41-42-43-45-47-49-51-53-55-57-59-61-63-65-67-69-71-75(79)76-73(72-77)74(78)70-68-66-64-62-60-58-56-54-52-50-48-46-44-32-30-28-26-24-22-20-18-16-14-12-10-8-6-4-2/h5,7,11,13,17,19,23,25,29,31,34-35,37-38,40-41,43,45,49,51,55,57,61,63,68,70,73-74,77-78H,3-4,6,8-10,12,14-16,18,20-22,24,26-28,30,32-33,36,39,42,44,46-48,50,52-54,56,58-60,62,64-67,69,71-72H2,1-2H3,(H,76,79)/b7-5-,13-11-,19-17-,25-23-,31-29-,35-34-,38-37-,41-40-,45-43-,51-49-,57-55-,63-61-,70-68+. The summed E-state index contributed by atoms with van der Waals surface area (Å²) < 4.78 is 0. The molecule has 448 valence electrons. The first-order chi connectivity index (χ1) is 39.2. The van der Waals surface area contributed by atoms with Crippen LogP contribution in [-0.2, 0) is 4.79 Å². The van der Waals surface area contributed by atoms with Crippen LogP contribution in [-0.4, -0.2) is 34.9 Å². The SMILES string of the molecule is CC/C=C\C/C=C\C/C=C\C/C=C\C/C=C\C/C=C\C/C=C\C/C=C\C/C=C\C/C=C\C/C=C\C/C=C\CCCCC(=O)NC(CO)C(O)/C=C/CCCCCCCCCCCCCCCCCCCCCCCCCCCC. The number of hydrogen-bond acceptors (Lipinski definition) is 3. The molecule has 4 heteroatoms. The molecule has 0 aromatic rings. The lowest BCUT2D eigenvalue weighted by molar-refractivity contribution is -0.123. The van der Waals surface area contributed by atoms with Gasteiger partial charge in [-0.3, -0.25) is 4.79 Å². The zero-order valence-electron chi connectivity index (χ0n) is 51.6. The molecule has 0 aliphatic heterocycles. The van der Waals surface area contributed by atoms with Crippen molar-refractivity contribution in [2.75, 3.05) is 6.61 Å². The van der Waals surface area contributed by atoms with E-state index < -0.39 is 12.1 Å². The van der Waals surface area contributed by atoms with Crippen LogP contribution >= 0.6 is 0 Å². The van der Waals surface area contributed by atoms with Crippen molar-refractivity contribution in [3.8, 4) is 0 Å². The van der Waals surface area contributed by atoms with Gasteiger partial charge in [0.15, 0.2) is 0 Å². The van der Waals surface area contributed by atoms with Crippen molar-refractivity contribution < 1.29 is 15.0 Å². The predicted octanol–water partition coefficient (Wildman–Crippen LogP) is 22.9. The number of hydrogen-bond donors (Lipinski definition) is 3. The fourth-order valence-corrected chi connectivity index (χ4v) is 9.28. The molecule has 0 saturated heterocycles. The Labute approximate surface area is 490 Å². The Morgan fingerprint density at radius 3 is 0.835 bits per heavy atom. The lowest BCUT2D eigenvalue weighted by atomic mass is 10.0. The van der Waals surface area contributed by atoms with E-state index in [1.807, 2.05) is 6.08 Å². The first kappa shape index (κ1) is 75.0. The molecule has 0 aliphatic carbocycles. The van der Waals surface area contributed by atoms with Crippen LogP contribution in [0, 0.1) is 0 Å². The van der Waals surface area contributed by atoms with Gasteiger partial charge in [0.2, 0.25) is 5.91 Å². The minimum Gasteiger partial charge on any atom is -0.394 e. The summed E-state index contributed by atoms with van der Waals surface area (Å²) in [4.78, 5) is 12.5. The lowest BCUT2D eigenvalue weighted by Crippen LogP contribution is -2.45. The summed E-state index contributed by atoms with van der Waals surface area (Å²) in [6.07, 6.45) is 109. The highest BCUT2D eigenvalue weighted by molar-refractivity contribution is 5.76. The largest absolute Gasteiger partial charge is 0.394 e. The van der Waals surface area contributed by atoms with Gasteiger partial charge in [0.25, 0.3) is 0 Å². The zero-order chi connectivity index (χ0) is 56.9. The molecule has 2 unspecified atom stereocenters. The highest BCUT2D eigenvalue weighted by Crippen LogP contribution is 2.17. The average Bonchev–Trinajstić information content (AvgIpc) is 3.45. The van der Waals surface area contributed by atoms with Gasteiger partial charge in [0, 0.05) is 6.42 Å².